The maximum atomic E-state index is 11.0. The number of aliphatic hydroxyl groups excluding tert-OH is 1. The van der Waals surface area contributed by atoms with Crippen molar-refractivity contribution in [1.82, 2.24) is 4.90 Å². The second-order valence-electron chi connectivity index (χ2n) is 5.88. The molecule has 0 saturated carbocycles. The summed E-state index contributed by atoms with van der Waals surface area (Å²) < 4.78 is 5.14. The summed E-state index contributed by atoms with van der Waals surface area (Å²) in [6.07, 6.45) is 0.927. The van der Waals surface area contributed by atoms with Gasteiger partial charge in [0, 0.05) is 19.2 Å². The molecule has 126 valence electrons. The molecule has 1 aliphatic heterocycles. The average Bonchev–Trinajstić information content (AvgIpc) is 2.61. The third-order valence-corrected chi connectivity index (χ3v) is 4.52. The molecular weight excluding hydrogens is 308 g/mol. The van der Waals surface area contributed by atoms with Gasteiger partial charge >= 0.3 is 5.69 Å². The maximum Gasteiger partial charge on any atom is 0.310 e. The fourth-order valence-corrected chi connectivity index (χ4v) is 3.31. The van der Waals surface area contributed by atoms with E-state index in [1.807, 2.05) is 12.1 Å². The zero-order chi connectivity index (χ0) is 17.1. The molecule has 1 aliphatic rings. The molecule has 0 fully saturated rings. The van der Waals surface area contributed by atoms with Crippen molar-refractivity contribution < 1.29 is 14.8 Å². The van der Waals surface area contributed by atoms with Gasteiger partial charge in [0.05, 0.1) is 24.7 Å². The van der Waals surface area contributed by atoms with E-state index in [4.69, 9.17) is 4.74 Å². The van der Waals surface area contributed by atoms with Crippen LogP contribution in [0.1, 0.15) is 22.7 Å². The lowest BCUT2D eigenvalue weighted by Gasteiger charge is -2.36. The van der Waals surface area contributed by atoms with Gasteiger partial charge in [-0.1, -0.05) is 30.3 Å². The topological polar surface area (TPSA) is 75.8 Å². The van der Waals surface area contributed by atoms with Crippen LogP contribution in [0.5, 0.6) is 5.75 Å². The molecule has 0 radical (unpaired) electrons. The van der Waals surface area contributed by atoms with Crippen LogP contribution in [0.25, 0.3) is 0 Å². The Labute approximate surface area is 140 Å². The summed E-state index contributed by atoms with van der Waals surface area (Å²) in [5, 5.41) is 20.8. The second kappa shape index (κ2) is 6.98. The van der Waals surface area contributed by atoms with Gasteiger partial charge in [-0.3, -0.25) is 15.0 Å². The summed E-state index contributed by atoms with van der Waals surface area (Å²) in [6, 6.07) is 13.0. The first-order valence-corrected chi connectivity index (χ1v) is 7.88. The zero-order valence-corrected chi connectivity index (χ0v) is 13.5. The van der Waals surface area contributed by atoms with Gasteiger partial charge in [0.1, 0.15) is 0 Å². The first kappa shape index (κ1) is 16.4. The van der Waals surface area contributed by atoms with E-state index in [9.17, 15) is 15.2 Å². The third-order valence-electron chi connectivity index (χ3n) is 4.52. The number of methoxy groups -OCH3 is 1. The van der Waals surface area contributed by atoms with E-state index in [1.165, 1.54) is 18.7 Å². The summed E-state index contributed by atoms with van der Waals surface area (Å²) in [6.45, 7) is 1.48. The highest BCUT2D eigenvalue weighted by Crippen LogP contribution is 2.32. The van der Waals surface area contributed by atoms with Crippen molar-refractivity contribution >= 4 is 5.69 Å². The van der Waals surface area contributed by atoms with Gasteiger partial charge in [-0.05, 0) is 29.2 Å². The van der Waals surface area contributed by atoms with Gasteiger partial charge < -0.3 is 9.84 Å². The van der Waals surface area contributed by atoms with Crippen LogP contribution >= 0.6 is 0 Å². The summed E-state index contributed by atoms with van der Waals surface area (Å²) >= 11 is 0. The second-order valence-corrected chi connectivity index (χ2v) is 5.88. The molecule has 0 aromatic heterocycles. The van der Waals surface area contributed by atoms with Crippen molar-refractivity contribution in [3.63, 3.8) is 0 Å². The number of fused-ring (bicyclic) bond motifs is 1. The largest absolute Gasteiger partial charge is 0.490 e. The van der Waals surface area contributed by atoms with E-state index >= 15 is 0 Å². The molecule has 3 rings (SSSR count). The predicted molar refractivity (Wildman–Crippen MR) is 90.0 cm³/mol. The number of nitrogens with zero attached hydrogens (tertiary/aromatic N) is 2. The van der Waals surface area contributed by atoms with Crippen LogP contribution in [0.15, 0.2) is 42.5 Å². The lowest BCUT2D eigenvalue weighted by atomic mass is 9.92. The predicted octanol–water partition coefficient (Wildman–Crippen LogP) is 2.70. The Hall–Kier alpha value is -2.44. The minimum absolute atomic E-state index is 0.0380. The Morgan fingerprint density at radius 3 is 2.83 bits per heavy atom. The number of hydrogen-bond donors (Lipinski definition) is 1. The number of ether oxygens (including phenoxy) is 1. The van der Waals surface area contributed by atoms with Crippen molar-refractivity contribution in [1.29, 1.82) is 0 Å². The number of aliphatic hydroxyl groups is 1. The smallest absolute Gasteiger partial charge is 0.310 e. The molecule has 1 unspecified atom stereocenters. The zero-order valence-electron chi connectivity index (χ0n) is 13.5. The fraction of sp³-hybridized carbons (Fsp3) is 0.333. The van der Waals surface area contributed by atoms with Gasteiger partial charge in [-0.2, -0.15) is 0 Å². The first-order chi connectivity index (χ1) is 11.6. The Morgan fingerprint density at radius 2 is 2.12 bits per heavy atom. The van der Waals surface area contributed by atoms with Crippen molar-refractivity contribution in [3.8, 4) is 5.75 Å². The van der Waals surface area contributed by atoms with Crippen molar-refractivity contribution in [2.45, 2.75) is 19.0 Å². The van der Waals surface area contributed by atoms with Crippen LogP contribution in [0.3, 0.4) is 0 Å². The molecule has 2 aromatic rings. The summed E-state index contributed by atoms with van der Waals surface area (Å²) in [5.74, 6) is 0.260. The molecule has 0 saturated heterocycles. The minimum atomic E-state index is -0.448. The van der Waals surface area contributed by atoms with Crippen LogP contribution in [-0.2, 0) is 13.0 Å². The first-order valence-electron chi connectivity index (χ1n) is 7.88. The standard InChI is InChI=1S/C18H20N2O4/c1-24-18-10-13(6-7-16(18)20(22)23)11-19-9-8-14-4-2-3-5-15(14)17(19)12-21/h2-7,10,17,21H,8-9,11-12H2,1H3. The molecule has 6 heteroatoms. The highest BCUT2D eigenvalue weighted by atomic mass is 16.6. The van der Waals surface area contributed by atoms with Crippen LogP contribution in [0, 0.1) is 10.1 Å². The van der Waals surface area contributed by atoms with E-state index in [0.717, 1.165) is 24.1 Å². The van der Waals surface area contributed by atoms with Gasteiger partial charge in [0.15, 0.2) is 5.75 Å². The summed E-state index contributed by atoms with van der Waals surface area (Å²) in [4.78, 5) is 12.7. The molecule has 1 N–H and O–H groups in total. The van der Waals surface area contributed by atoms with E-state index in [0.29, 0.717) is 6.54 Å². The van der Waals surface area contributed by atoms with E-state index in [-0.39, 0.29) is 24.1 Å². The Balaban J connectivity index is 1.85. The molecule has 0 amide bonds. The number of rotatable bonds is 5. The Kier molecular flexibility index (Phi) is 4.78. The highest BCUT2D eigenvalue weighted by Gasteiger charge is 2.27. The quantitative estimate of drug-likeness (QED) is 0.674. The third kappa shape index (κ3) is 3.11. The van der Waals surface area contributed by atoms with Crippen LogP contribution in [0.4, 0.5) is 5.69 Å². The number of nitro benzene ring substituents is 1. The van der Waals surface area contributed by atoms with Crippen molar-refractivity contribution in [2.75, 3.05) is 20.3 Å². The van der Waals surface area contributed by atoms with Gasteiger partial charge in [-0.25, -0.2) is 0 Å². The van der Waals surface area contributed by atoms with Gasteiger partial charge in [0.2, 0.25) is 0 Å². The van der Waals surface area contributed by atoms with Crippen LogP contribution in [-0.4, -0.2) is 35.2 Å². The molecular formula is C18H20N2O4. The maximum absolute atomic E-state index is 11.0. The molecule has 0 spiro atoms. The summed E-state index contributed by atoms with van der Waals surface area (Å²) in [5.41, 5.74) is 3.31. The van der Waals surface area contributed by atoms with E-state index < -0.39 is 4.92 Å². The SMILES string of the molecule is COc1cc(CN2CCc3ccccc3C2CO)ccc1[N+](=O)[O-]. The van der Waals surface area contributed by atoms with E-state index in [1.54, 1.807) is 12.1 Å². The Morgan fingerprint density at radius 1 is 1.33 bits per heavy atom. The number of benzene rings is 2. The van der Waals surface area contributed by atoms with Gasteiger partial charge in [-0.15, -0.1) is 0 Å². The molecule has 6 nitrogen and oxygen atoms in total. The van der Waals surface area contributed by atoms with Gasteiger partial charge in [0.25, 0.3) is 0 Å². The lowest BCUT2D eigenvalue weighted by molar-refractivity contribution is -0.385. The molecule has 1 atom stereocenters. The average molecular weight is 328 g/mol. The lowest BCUT2D eigenvalue weighted by Crippen LogP contribution is -2.36. The minimum Gasteiger partial charge on any atom is -0.490 e. The molecule has 24 heavy (non-hydrogen) atoms. The number of nitro groups is 1. The normalized spacial score (nSPS) is 17.3. The highest BCUT2D eigenvalue weighted by molar-refractivity contribution is 5.48. The van der Waals surface area contributed by atoms with E-state index in [2.05, 4.69) is 17.0 Å². The Bertz CT molecular complexity index is 748. The van der Waals surface area contributed by atoms with Crippen molar-refractivity contribution in [3.05, 3.63) is 69.3 Å². The molecule has 1 heterocycles. The summed E-state index contributed by atoms with van der Waals surface area (Å²) in [7, 11) is 1.43. The van der Waals surface area contributed by atoms with Crippen LogP contribution < -0.4 is 4.74 Å². The van der Waals surface area contributed by atoms with Crippen LogP contribution in [0.2, 0.25) is 0 Å². The monoisotopic (exact) mass is 328 g/mol. The molecule has 0 aliphatic carbocycles. The molecule has 2 aromatic carbocycles. The molecule has 0 bridgehead atoms. The van der Waals surface area contributed by atoms with Crippen molar-refractivity contribution in [2.24, 2.45) is 0 Å². The number of hydrogen-bond acceptors (Lipinski definition) is 5. The fourth-order valence-electron chi connectivity index (χ4n) is 3.31.